The number of aliphatic hydroxyl groups is 1. The Morgan fingerprint density at radius 1 is 1.36 bits per heavy atom. The molecule has 6 nitrogen and oxygen atoms in total. The molecule has 1 aromatic heterocycles. The molecule has 6 heteroatoms. The molecule has 25 heavy (non-hydrogen) atoms. The van der Waals surface area contributed by atoms with Crippen LogP contribution in [0.4, 0.5) is 4.79 Å². The molecule has 0 fully saturated rings. The molecule has 0 aliphatic rings. The summed E-state index contributed by atoms with van der Waals surface area (Å²) in [7, 11) is 0. The van der Waals surface area contributed by atoms with Crippen molar-refractivity contribution in [2.45, 2.75) is 51.7 Å². The van der Waals surface area contributed by atoms with Gasteiger partial charge < -0.3 is 15.7 Å². The van der Waals surface area contributed by atoms with E-state index in [1.54, 1.807) is 6.20 Å². The third-order valence-electron chi connectivity index (χ3n) is 4.55. The van der Waals surface area contributed by atoms with Crippen LogP contribution >= 0.6 is 0 Å². The number of aromatic nitrogens is 2. The van der Waals surface area contributed by atoms with Gasteiger partial charge in [-0.1, -0.05) is 37.3 Å². The van der Waals surface area contributed by atoms with E-state index < -0.39 is 5.54 Å². The molecule has 0 bridgehead atoms. The van der Waals surface area contributed by atoms with Gasteiger partial charge in [0.1, 0.15) is 0 Å². The van der Waals surface area contributed by atoms with E-state index in [9.17, 15) is 4.79 Å². The highest BCUT2D eigenvalue weighted by Gasteiger charge is 2.24. The van der Waals surface area contributed by atoms with Crippen molar-refractivity contribution in [2.75, 3.05) is 6.61 Å². The molecule has 0 saturated heterocycles. The lowest BCUT2D eigenvalue weighted by Crippen LogP contribution is -2.50. The third-order valence-corrected chi connectivity index (χ3v) is 4.55. The van der Waals surface area contributed by atoms with E-state index in [-0.39, 0.29) is 18.7 Å². The van der Waals surface area contributed by atoms with Gasteiger partial charge in [0.2, 0.25) is 0 Å². The first-order valence-corrected chi connectivity index (χ1v) is 8.71. The molecule has 2 rings (SSSR count). The summed E-state index contributed by atoms with van der Waals surface area (Å²) in [5, 5.41) is 19.4. The standard InChI is InChI=1S/C19H28N4O2/c1-4-19(3,10-11-24)22-18(25)21-15(2)17-12-20-23(14-17)13-16-8-6-5-7-9-16/h5-9,12,14-15,24H,4,10-11,13H2,1-3H3,(H2,21,22,25). The van der Waals surface area contributed by atoms with Gasteiger partial charge in [-0.25, -0.2) is 4.79 Å². The van der Waals surface area contributed by atoms with Crippen molar-refractivity contribution in [1.29, 1.82) is 0 Å². The van der Waals surface area contributed by atoms with Crippen LogP contribution in [-0.2, 0) is 6.54 Å². The summed E-state index contributed by atoms with van der Waals surface area (Å²) in [6.07, 6.45) is 5.01. The van der Waals surface area contributed by atoms with Gasteiger partial charge in [0, 0.05) is 23.9 Å². The molecule has 0 aliphatic carbocycles. The summed E-state index contributed by atoms with van der Waals surface area (Å²) >= 11 is 0. The van der Waals surface area contributed by atoms with Crippen LogP contribution in [0, 0.1) is 0 Å². The van der Waals surface area contributed by atoms with Crippen molar-refractivity contribution < 1.29 is 9.90 Å². The number of aliphatic hydroxyl groups excluding tert-OH is 1. The lowest BCUT2D eigenvalue weighted by molar-refractivity contribution is 0.199. The van der Waals surface area contributed by atoms with Crippen LogP contribution in [0.2, 0.25) is 0 Å². The zero-order valence-corrected chi connectivity index (χ0v) is 15.2. The van der Waals surface area contributed by atoms with E-state index in [0.29, 0.717) is 13.0 Å². The molecule has 0 spiro atoms. The number of hydrogen-bond acceptors (Lipinski definition) is 3. The Balaban J connectivity index is 1.92. The number of carbonyl (C=O) groups is 1. The molecular weight excluding hydrogens is 316 g/mol. The molecule has 2 atom stereocenters. The molecule has 136 valence electrons. The van der Waals surface area contributed by atoms with Crippen LogP contribution < -0.4 is 10.6 Å². The molecule has 3 N–H and O–H groups in total. The highest BCUT2D eigenvalue weighted by molar-refractivity contribution is 5.75. The molecule has 2 unspecified atom stereocenters. The topological polar surface area (TPSA) is 79.2 Å². The number of hydrogen-bond donors (Lipinski definition) is 3. The van der Waals surface area contributed by atoms with Gasteiger partial charge in [0.15, 0.2) is 0 Å². The molecule has 0 aliphatic heterocycles. The van der Waals surface area contributed by atoms with Crippen LogP contribution in [0.1, 0.15) is 50.8 Å². The number of benzene rings is 1. The molecule has 1 aromatic carbocycles. The lowest BCUT2D eigenvalue weighted by atomic mass is 9.95. The molecule has 1 heterocycles. The SMILES string of the molecule is CCC(C)(CCO)NC(=O)NC(C)c1cnn(Cc2ccccc2)c1. The van der Waals surface area contributed by atoms with Gasteiger partial charge in [0.25, 0.3) is 0 Å². The van der Waals surface area contributed by atoms with Crippen molar-refractivity contribution in [3.63, 3.8) is 0 Å². The van der Waals surface area contributed by atoms with Gasteiger partial charge in [-0.2, -0.15) is 5.10 Å². The minimum Gasteiger partial charge on any atom is -0.396 e. The van der Waals surface area contributed by atoms with Crippen LogP contribution in [0.5, 0.6) is 0 Å². The second-order valence-corrected chi connectivity index (χ2v) is 6.66. The summed E-state index contributed by atoms with van der Waals surface area (Å²) in [6, 6.07) is 9.73. The fourth-order valence-electron chi connectivity index (χ4n) is 2.62. The van der Waals surface area contributed by atoms with E-state index in [1.807, 2.05) is 49.8 Å². The van der Waals surface area contributed by atoms with Gasteiger partial charge in [0.05, 0.1) is 18.8 Å². The fourth-order valence-corrected chi connectivity index (χ4v) is 2.62. The minimum atomic E-state index is -0.407. The smallest absolute Gasteiger partial charge is 0.315 e. The Hall–Kier alpha value is -2.34. The third kappa shape index (κ3) is 5.60. The van der Waals surface area contributed by atoms with Gasteiger partial charge in [-0.3, -0.25) is 4.68 Å². The van der Waals surface area contributed by atoms with Gasteiger partial charge in [-0.15, -0.1) is 0 Å². The fraction of sp³-hybridized carbons (Fsp3) is 0.474. The second-order valence-electron chi connectivity index (χ2n) is 6.66. The first-order valence-electron chi connectivity index (χ1n) is 8.71. The maximum absolute atomic E-state index is 12.2. The summed E-state index contributed by atoms with van der Waals surface area (Å²) in [6.45, 7) is 6.60. The maximum Gasteiger partial charge on any atom is 0.315 e. The minimum absolute atomic E-state index is 0.0480. The molecule has 2 amide bonds. The van der Waals surface area contributed by atoms with Crippen molar-refractivity contribution in [1.82, 2.24) is 20.4 Å². The lowest BCUT2D eigenvalue weighted by Gasteiger charge is -2.29. The number of amides is 2. The predicted molar refractivity (Wildman–Crippen MR) is 98.3 cm³/mol. The quantitative estimate of drug-likeness (QED) is 0.689. The largest absolute Gasteiger partial charge is 0.396 e. The maximum atomic E-state index is 12.2. The van der Waals surface area contributed by atoms with Crippen molar-refractivity contribution in [3.8, 4) is 0 Å². The predicted octanol–water partition coefficient (Wildman–Crippen LogP) is 2.84. The highest BCUT2D eigenvalue weighted by Crippen LogP contribution is 2.15. The number of carbonyl (C=O) groups excluding carboxylic acids is 1. The number of rotatable bonds is 8. The van der Waals surface area contributed by atoms with E-state index in [1.165, 1.54) is 5.56 Å². The van der Waals surface area contributed by atoms with Crippen molar-refractivity contribution >= 4 is 6.03 Å². The van der Waals surface area contributed by atoms with E-state index in [4.69, 9.17) is 5.11 Å². The summed E-state index contributed by atoms with van der Waals surface area (Å²) in [5.41, 5.74) is 1.72. The van der Waals surface area contributed by atoms with Crippen LogP contribution in [-0.4, -0.2) is 33.1 Å². The second kappa shape index (κ2) is 8.67. The molecular formula is C19H28N4O2. The molecule has 2 aromatic rings. The van der Waals surface area contributed by atoms with Gasteiger partial charge >= 0.3 is 6.03 Å². The number of urea groups is 1. The Morgan fingerprint density at radius 3 is 2.72 bits per heavy atom. The molecule has 0 saturated carbocycles. The van der Waals surface area contributed by atoms with Crippen LogP contribution in [0.15, 0.2) is 42.7 Å². The number of nitrogens with zero attached hydrogens (tertiary/aromatic N) is 2. The van der Waals surface area contributed by atoms with Crippen LogP contribution in [0.3, 0.4) is 0 Å². The summed E-state index contributed by atoms with van der Waals surface area (Å²) < 4.78 is 1.86. The highest BCUT2D eigenvalue weighted by atomic mass is 16.3. The Bertz CT molecular complexity index is 671. The van der Waals surface area contributed by atoms with E-state index in [0.717, 1.165) is 12.0 Å². The van der Waals surface area contributed by atoms with Gasteiger partial charge in [-0.05, 0) is 32.3 Å². The summed E-state index contributed by atoms with van der Waals surface area (Å²) in [4.78, 5) is 12.2. The Kier molecular flexibility index (Phi) is 6.58. The monoisotopic (exact) mass is 344 g/mol. The molecule has 0 radical (unpaired) electrons. The van der Waals surface area contributed by atoms with Crippen LogP contribution in [0.25, 0.3) is 0 Å². The zero-order valence-electron chi connectivity index (χ0n) is 15.2. The Labute approximate surface area is 149 Å². The average Bonchev–Trinajstić information content (AvgIpc) is 3.04. The zero-order chi connectivity index (χ0) is 18.3. The first kappa shape index (κ1) is 19.0. The normalized spacial score (nSPS) is 14.6. The van der Waals surface area contributed by atoms with Crippen molar-refractivity contribution in [2.24, 2.45) is 0 Å². The summed E-state index contributed by atoms with van der Waals surface area (Å²) in [5.74, 6) is 0. The number of nitrogens with one attached hydrogen (secondary N) is 2. The Morgan fingerprint density at radius 2 is 2.08 bits per heavy atom. The van der Waals surface area contributed by atoms with E-state index >= 15 is 0 Å². The average molecular weight is 344 g/mol. The van der Waals surface area contributed by atoms with Crippen molar-refractivity contribution in [3.05, 3.63) is 53.9 Å². The van der Waals surface area contributed by atoms with E-state index in [2.05, 4.69) is 27.9 Å². The first-order chi connectivity index (χ1) is 12.0.